The molecule has 3 atom stereocenters. The van der Waals surface area contributed by atoms with E-state index in [-0.39, 0.29) is 11.7 Å². The van der Waals surface area contributed by atoms with Gasteiger partial charge in [0.15, 0.2) is 5.78 Å². The van der Waals surface area contributed by atoms with Crippen LogP contribution in [0.2, 0.25) is 0 Å². The lowest BCUT2D eigenvalue weighted by Crippen LogP contribution is -2.23. The summed E-state index contributed by atoms with van der Waals surface area (Å²) < 4.78 is 0. The van der Waals surface area contributed by atoms with Crippen molar-refractivity contribution in [1.29, 1.82) is 5.26 Å². The number of rotatable bonds is 3. The number of Topliss-reactive ketones (excluding diaryl/α,β-unsaturated/α-hetero) is 1. The number of aryl methyl sites for hydroxylation is 1. The summed E-state index contributed by atoms with van der Waals surface area (Å²) in [5, 5.41) is 9.35. The summed E-state index contributed by atoms with van der Waals surface area (Å²) in [6.07, 6.45) is 3.18. The molecule has 1 saturated carbocycles. The lowest BCUT2D eigenvalue weighted by Gasteiger charge is -2.18. The second-order valence-corrected chi connectivity index (χ2v) is 5.34. The van der Waals surface area contributed by atoms with Crippen LogP contribution in [0, 0.1) is 30.1 Å². The van der Waals surface area contributed by atoms with Crippen LogP contribution in [0.4, 0.5) is 0 Å². The quantitative estimate of drug-likeness (QED) is 0.811. The Morgan fingerprint density at radius 1 is 1.39 bits per heavy atom. The Morgan fingerprint density at radius 3 is 2.67 bits per heavy atom. The maximum Gasteiger partial charge on any atom is 0.157 e. The number of nitrogens with zero attached hydrogens (tertiary/aromatic N) is 1. The molecule has 3 unspecified atom stereocenters. The lowest BCUT2D eigenvalue weighted by molar-refractivity contribution is -0.124. The van der Waals surface area contributed by atoms with E-state index in [9.17, 15) is 10.1 Å². The van der Waals surface area contributed by atoms with Crippen LogP contribution < -0.4 is 0 Å². The summed E-state index contributed by atoms with van der Waals surface area (Å²) in [5.74, 6) is 0.0418. The fourth-order valence-electron chi connectivity index (χ4n) is 2.98. The molecule has 2 rings (SSSR count). The molecular formula is C16H19NO. The van der Waals surface area contributed by atoms with Crippen LogP contribution in [-0.4, -0.2) is 5.78 Å². The van der Waals surface area contributed by atoms with E-state index < -0.39 is 5.92 Å². The predicted octanol–water partition coefficient (Wildman–Crippen LogP) is 3.61. The third kappa shape index (κ3) is 2.31. The number of ketones is 1. The monoisotopic (exact) mass is 241 g/mol. The first-order valence-electron chi connectivity index (χ1n) is 6.64. The van der Waals surface area contributed by atoms with Crippen LogP contribution in [0.1, 0.15) is 43.2 Å². The summed E-state index contributed by atoms with van der Waals surface area (Å²) >= 11 is 0. The molecule has 0 saturated heterocycles. The fourth-order valence-corrected chi connectivity index (χ4v) is 2.98. The van der Waals surface area contributed by atoms with E-state index in [4.69, 9.17) is 0 Å². The highest BCUT2D eigenvalue weighted by Crippen LogP contribution is 2.36. The van der Waals surface area contributed by atoms with Gasteiger partial charge in [-0.15, -0.1) is 0 Å². The van der Waals surface area contributed by atoms with Crippen molar-refractivity contribution < 1.29 is 4.79 Å². The van der Waals surface area contributed by atoms with Crippen LogP contribution in [0.3, 0.4) is 0 Å². The molecule has 0 heterocycles. The number of benzene rings is 1. The average Bonchev–Trinajstić information content (AvgIpc) is 2.78. The largest absolute Gasteiger partial charge is 0.298 e. The number of hydrogen-bond acceptors (Lipinski definition) is 2. The second kappa shape index (κ2) is 5.35. The smallest absolute Gasteiger partial charge is 0.157 e. The first-order chi connectivity index (χ1) is 8.65. The maximum absolute atomic E-state index is 12.5. The predicted molar refractivity (Wildman–Crippen MR) is 71.0 cm³/mol. The van der Waals surface area contributed by atoms with Crippen molar-refractivity contribution >= 4 is 5.78 Å². The van der Waals surface area contributed by atoms with Gasteiger partial charge in [-0.05, 0) is 36.8 Å². The summed E-state index contributed by atoms with van der Waals surface area (Å²) in [4.78, 5) is 12.5. The maximum atomic E-state index is 12.5. The molecule has 0 bridgehead atoms. The summed E-state index contributed by atoms with van der Waals surface area (Å²) in [6.45, 7) is 4.09. The van der Waals surface area contributed by atoms with Crippen molar-refractivity contribution in [2.24, 2.45) is 11.8 Å². The third-order valence-electron chi connectivity index (χ3n) is 4.14. The molecule has 1 fully saturated rings. The minimum Gasteiger partial charge on any atom is -0.298 e. The van der Waals surface area contributed by atoms with E-state index in [0.29, 0.717) is 5.92 Å². The van der Waals surface area contributed by atoms with Crippen LogP contribution in [-0.2, 0) is 4.79 Å². The van der Waals surface area contributed by atoms with Gasteiger partial charge in [0, 0.05) is 5.92 Å². The van der Waals surface area contributed by atoms with Gasteiger partial charge < -0.3 is 0 Å². The van der Waals surface area contributed by atoms with Gasteiger partial charge in [-0.25, -0.2) is 0 Å². The molecule has 1 aliphatic carbocycles. The number of carbonyl (C=O) groups is 1. The van der Waals surface area contributed by atoms with Crippen molar-refractivity contribution in [1.82, 2.24) is 0 Å². The Labute approximate surface area is 109 Å². The molecule has 0 radical (unpaired) electrons. The molecule has 1 aromatic rings. The first-order valence-corrected chi connectivity index (χ1v) is 6.64. The van der Waals surface area contributed by atoms with E-state index in [2.05, 4.69) is 13.0 Å². The number of carbonyl (C=O) groups excluding carboxylic acids is 1. The Bertz CT molecular complexity index is 486. The van der Waals surface area contributed by atoms with E-state index in [1.807, 2.05) is 31.2 Å². The zero-order chi connectivity index (χ0) is 13.1. The van der Waals surface area contributed by atoms with Crippen LogP contribution >= 0.6 is 0 Å². The standard InChI is InChI=1S/C16H19NO/c1-11-6-3-4-8-13(11)15(10-17)16(18)14-9-5-7-12(14)2/h3-4,6,8,12,14-15H,5,7,9H2,1-2H3. The molecular weight excluding hydrogens is 222 g/mol. The number of hydrogen-bond donors (Lipinski definition) is 0. The van der Waals surface area contributed by atoms with E-state index in [1.165, 1.54) is 0 Å². The molecule has 0 amide bonds. The highest BCUT2D eigenvalue weighted by molar-refractivity contribution is 5.91. The molecule has 1 aromatic carbocycles. The van der Waals surface area contributed by atoms with Gasteiger partial charge >= 0.3 is 0 Å². The van der Waals surface area contributed by atoms with Crippen molar-refractivity contribution in [3.05, 3.63) is 35.4 Å². The summed E-state index contributed by atoms with van der Waals surface area (Å²) in [5.41, 5.74) is 1.91. The van der Waals surface area contributed by atoms with Gasteiger partial charge in [0.05, 0.1) is 6.07 Å². The van der Waals surface area contributed by atoms with Crippen molar-refractivity contribution in [3.8, 4) is 6.07 Å². The van der Waals surface area contributed by atoms with Gasteiger partial charge in [-0.1, -0.05) is 37.6 Å². The van der Waals surface area contributed by atoms with Crippen LogP contribution in [0.15, 0.2) is 24.3 Å². The van der Waals surface area contributed by atoms with E-state index in [1.54, 1.807) is 0 Å². The Balaban J connectivity index is 2.27. The van der Waals surface area contributed by atoms with Crippen LogP contribution in [0.5, 0.6) is 0 Å². The van der Waals surface area contributed by atoms with E-state index in [0.717, 1.165) is 30.4 Å². The van der Waals surface area contributed by atoms with Crippen molar-refractivity contribution in [3.63, 3.8) is 0 Å². The minimum absolute atomic E-state index is 0.0780. The molecule has 2 heteroatoms. The number of nitriles is 1. The van der Waals surface area contributed by atoms with Crippen molar-refractivity contribution in [2.75, 3.05) is 0 Å². The molecule has 2 nitrogen and oxygen atoms in total. The normalized spacial score (nSPS) is 24.5. The lowest BCUT2D eigenvalue weighted by atomic mass is 9.82. The first kappa shape index (κ1) is 12.8. The second-order valence-electron chi connectivity index (χ2n) is 5.34. The molecule has 0 spiro atoms. The molecule has 0 aliphatic heterocycles. The highest BCUT2D eigenvalue weighted by Gasteiger charge is 2.35. The Hall–Kier alpha value is -1.62. The summed E-state index contributed by atoms with van der Waals surface area (Å²) in [6, 6.07) is 9.91. The molecule has 94 valence electrons. The molecule has 0 N–H and O–H groups in total. The Kier molecular flexibility index (Phi) is 3.81. The zero-order valence-corrected chi connectivity index (χ0v) is 11.0. The molecule has 0 aromatic heterocycles. The van der Waals surface area contributed by atoms with Crippen molar-refractivity contribution in [2.45, 2.75) is 39.0 Å². The van der Waals surface area contributed by atoms with Crippen LogP contribution in [0.25, 0.3) is 0 Å². The third-order valence-corrected chi connectivity index (χ3v) is 4.14. The Morgan fingerprint density at radius 2 is 2.11 bits per heavy atom. The highest BCUT2D eigenvalue weighted by atomic mass is 16.1. The fraction of sp³-hybridized carbons (Fsp3) is 0.500. The van der Waals surface area contributed by atoms with Gasteiger partial charge in [-0.3, -0.25) is 4.79 Å². The van der Waals surface area contributed by atoms with E-state index >= 15 is 0 Å². The summed E-state index contributed by atoms with van der Waals surface area (Å²) in [7, 11) is 0. The van der Waals surface area contributed by atoms with Gasteiger partial charge in [0.1, 0.15) is 5.92 Å². The van der Waals surface area contributed by atoms with Gasteiger partial charge in [0.25, 0.3) is 0 Å². The van der Waals surface area contributed by atoms with Gasteiger partial charge in [-0.2, -0.15) is 5.26 Å². The molecule has 1 aliphatic rings. The van der Waals surface area contributed by atoms with Gasteiger partial charge in [0.2, 0.25) is 0 Å². The average molecular weight is 241 g/mol. The zero-order valence-electron chi connectivity index (χ0n) is 11.0. The molecule has 18 heavy (non-hydrogen) atoms. The topological polar surface area (TPSA) is 40.9 Å². The minimum atomic E-state index is -0.586. The SMILES string of the molecule is Cc1ccccc1C(C#N)C(=O)C1CCCC1C.